The Morgan fingerprint density at radius 3 is 2.50 bits per heavy atom. The monoisotopic (exact) mass is 431 g/mol. The smallest absolute Gasteiger partial charge is 0.182 e. The van der Waals surface area contributed by atoms with Crippen LogP contribution < -0.4 is 21.4 Å². The van der Waals surface area contributed by atoms with Gasteiger partial charge in [0.05, 0.1) is 12.4 Å². The second-order valence-corrected chi connectivity index (χ2v) is 8.61. The number of nitrogens with one attached hydrogen (secondary N) is 2. The summed E-state index contributed by atoms with van der Waals surface area (Å²) in [5, 5.41) is 24.0. The van der Waals surface area contributed by atoms with Gasteiger partial charge < -0.3 is 16.2 Å². The molecule has 1 unspecified atom stereocenters. The van der Waals surface area contributed by atoms with Gasteiger partial charge >= 0.3 is 0 Å². The van der Waals surface area contributed by atoms with Crippen molar-refractivity contribution in [3.05, 3.63) is 59.1 Å². The molecule has 0 heterocycles. The second-order valence-electron chi connectivity index (χ2n) is 8.17. The number of hydrazone groups is 1. The van der Waals surface area contributed by atoms with Crippen molar-refractivity contribution in [1.29, 1.82) is 0 Å². The lowest BCUT2D eigenvalue weighted by Crippen LogP contribution is -2.42. The zero-order chi connectivity index (χ0) is 22.1. The van der Waals surface area contributed by atoms with E-state index >= 15 is 0 Å². The van der Waals surface area contributed by atoms with E-state index in [1.807, 2.05) is 29.3 Å². The van der Waals surface area contributed by atoms with Crippen LogP contribution in [0.2, 0.25) is 5.02 Å². The van der Waals surface area contributed by atoms with E-state index in [9.17, 15) is 5.11 Å². The Labute approximate surface area is 185 Å². The largest absolute Gasteiger partial charge is 0.361 e. The third-order valence-corrected chi connectivity index (χ3v) is 4.92. The minimum Gasteiger partial charge on any atom is -0.361 e. The van der Waals surface area contributed by atoms with Crippen molar-refractivity contribution < 1.29 is 5.11 Å². The Morgan fingerprint density at radius 2 is 1.90 bits per heavy atom. The number of hydrogen-bond acceptors (Lipinski definition) is 6. The topological polar surface area (TPSA) is 85.9 Å². The third kappa shape index (κ3) is 7.61. The summed E-state index contributed by atoms with van der Waals surface area (Å²) < 4.78 is 0. The Kier molecular flexibility index (Phi) is 9.11. The summed E-state index contributed by atoms with van der Waals surface area (Å²) in [6.45, 7) is 9.50. The SMILES string of the molecule is CC/C(=N\N(CNC(O)Nc1ccc(Cl)cc1)c1cccc(CCN)c1)C(C)(C)C. The van der Waals surface area contributed by atoms with Gasteiger partial charge in [0.1, 0.15) is 0 Å². The maximum Gasteiger partial charge on any atom is 0.182 e. The highest BCUT2D eigenvalue weighted by atomic mass is 35.5. The standard InChI is InChI=1S/C23H34ClN5O/c1-5-21(23(2,3)4)28-29(20-8-6-7-17(15-20)13-14-25)16-26-22(30)27-19-11-9-18(24)10-12-19/h6-12,15,22,26-27,30H,5,13-14,16,25H2,1-4H3/b28-21+. The van der Waals surface area contributed by atoms with Crippen molar-refractivity contribution in [2.24, 2.45) is 16.3 Å². The summed E-state index contributed by atoms with van der Waals surface area (Å²) in [4.78, 5) is 0. The van der Waals surface area contributed by atoms with E-state index in [1.54, 1.807) is 12.1 Å². The predicted octanol–water partition coefficient (Wildman–Crippen LogP) is 4.39. The molecule has 0 bridgehead atoms. The minimum absolute atomic E-state index is 0.0535. The molecule has 0 aliphatic heterocycles. The van der Waals surface area contributed by atoms with Gasteiger partial charge in [-0.3, -0.25) is 10.3 Å². The molecular weight excluding hydrogens is 398 g/mol. The maximum atomic E-state index is 10.4. The first-order chi connectivity index (χ1) is 14.2. The van der Waals surface area contributed by atoms with Crippen LogP contribution in [0.15, 0.2) is 53.6 Å². The zero-order valence-corrected chi connectivity index (χ0v) is 19.1. The van der Waals surface area contributed by atoms with Crippen molar-refractivity contribution in [1.82, 2.24) is 5.32 Å². The average molecular weight is 432 g/mol. The Bertz CT molecular complexity index is 817. The molecule has 1 atom stereocenters. The predicted molar refractivity (Wildman–Crippen MR) is 128 cm³/mol. The van der Waals surface area contributed by atoms with Crippen LogP contribution in [0.5, 0.6) is 0 Å². The lowest BCUT2D eigenvalue weighted by molar-refractivity contribution is 0.165. The van der Waals surface area contributed by atoms with E-state index in [4.69, 9.17) is 22.4 Å². The number of halogens is 1. The van der Waals surface area contributed by atoms with Crippen molar-refractivity contribution in [2.75, 3.05) is 23.5 Å². The molecule has 5 N–H and O–H groups in total. The molecule has 0 aromatic heterocycles. The highest BCUT2D eigenvalue weighted by Crippen LogP contribution is 2.22. The minimum atomic E-state index is -0.948. The molecule has 164 valence electrons. The highest BCUT2D eigenvalue weighted by Gasteiger charge is 2.19. The molecule has 0 aliphatic carbocycles. The lowest BCUT2D eigenvalue weighted by atomic mass is 9.88. The van der Waals surface area contributed by atoms with Crippen LogP contribution in [0.4, 0.5) is 11.4 Å². The number of benzene rings is 2. The molecule has 0 spiro atoms. The third-order valence-electron chi connectivity index (χ3n) is 4.67. The van der Waals surface area contributed by atoms with Gasteiger partial charge in [0, 0.05) is 21.8 Å². The molecule has 7 heteroatoms. The fraction of sp³-hybridized carbons (Fsp3) is 0.435. The first-order valence-corrected chi connectivity index (χ1v) is 10.7. The molecule has 30 heavy (non-hydrogen) atoms. The van der Waals surface area contributed by atoms with Crippen molar-refractivity contribution in [3.8, 4) is 0 Å². The number of aliphatic hydroxyl groups excluding tert-OH is 1. The average Bonchev–Trinajstić information content (AvgIpc) is 2.69. The van der Waals surface area contributed by atoms with Gasteiger partial charge in [-0.2, -0.15) is 5.10 Å². The van der Waals surface area contributed by atoms with Crippen molar-refractivity contribution in [3.63, 3.8) is 0 Å². The van der Waals surface area contributed by atoms with Crippen molar-refractivity contribution in [2.45, 2.75) is 46.9 Å². The Hall–Kier alpha value is -2.12. The molecule has 0 saturated heterocycles. The van der Waals surface area contributed by atoms with Gasteiger partial charge in [0.25, 0.3) is 0 Å². The van der Waals surface area contributed by atoms with E-state index in [-0.39, 0.29) is 5.41 Å². The summed E-state index contributed by atoms with van der Waals surface area (Å²) in [6, 6.07) is 15.3. The summed E-state index contributed by atoms with van der Waals surface area (Å²) in [7, 11) is 0. The first kappa shape index (κ1) is 24.2. The Balaban J connectivity index is 2.19. The summed E-state index contributed by atoms with van der Waals surface area (Å²) in [6.07, 6.45) is 0.698. The van der Waals surface area contributed by atoms with Gasteiger partial charge in [0.15, 0.2) is 6.35 Å². The molecule has 2 aromatic carbocycles. The van der Waals surface area contributed by atoms with E-state index in [0.29, 0.717) is 18.2 Å². The van der Waals surface area contributed by atoms with E-state index in [0.717, 1.165) is 35.5 Å². The van der Waals surface area contributed by atoms with Gasteiger partial charge in [-0.25, -0.2) is 0 Å². The lowest BCUT2D eigenvalue weighted by Gasteiger charge is -2.28. The molecule has 2 aromatic rings. The van der Waals surface area contributed by atoms with E-state index in [1.165, 1.54) is 0 Å². The molecular formula is C23H34ClN5O. The van der Waals surface area contributed by atoms with Crippen LogP contribution in [0, 0.1) is 5.41 Å². The van der Waals surface area contributed by atoms with E-state index in [2.05, 4.69) is 50.5 Å². The molecule has 0 amide bonds. The molecule has 2 rings (SSSR count). The fourth-order valence-electron chi connectivity index (χ4n) is 3.05. The van der Waals surface area contributed by atoms with Crippen LogP contribution in [0.3, 0.4) is 0 Å². The van der Waals surface area contributed by atoms with Crippen LogP contribution in [0.25, 0.3) is 0 Å². The molecule has 0 aliphatic rings. The van der Waals surface area contributed by atoms with Crippen molar-refractivity contribution >= 4 is 28.7 Å². The van der Waals surface area contributed by atoms with Gasteiger partial charge in [-0.15, -0.1) is 0 Å². The Morgan fingerprint density at radius 1 is 1.20 bits per heavy atom. The van der Waals surface area contributed by atoms with Crippen LogP contribution in [-0.2, 0) is 6.42 Å². The summed E-state index contributed by atoms with van der Waals surface area (Å²) >= 11 is 5.92. The maximum absolute atomic E-state index is 10.4. The van der Waals surface area contributed by atoms with Gasteiger partial charge in [0.2, 0.25) is 0 Å². The fourth-order valence-corrected chi connectivity index (χ4v) is 3.17. The number of anilines is 2. The summed E-state index contributed by atoms with van der Waals surface area (Å²) in [5.41, 5.74) is 9.62. The molecule has 6 nitrogen and oxygen atoms in total. The normalized spacial score (nSPS) is 13.2. The number of nitrogens with two attached hydrogens (primary N) is 1. The molecule has 0 fully saturated rings. The number of hydrogen-bond donors (Lipinski definition) is 4. The highest BCUT2D eigenvalue weighted by molar-refractivity contribution is 6.30. The first-order valence-electron chi connectivity index (χ1n) is 10.3. The second kappa shape index (κ2) is 11.3. The zero-order valence-electron chi connectivity index (χ0n) is 18.3. The number of rotatable bonds is 10. The van der Waals surface area contributed by atoms with Gasteiger partial charge in [-0.05, 0) is 61.3 Å². The summed E-state index contributed by atoms with van der Waals surface area (Å²) in [5.74, 6) is 0. The molecule has 0 saturated carbocycles. The number of nitrogens with zero attached hydrogens (tertiary/aromatic N) is 2. The molecule has 0 radical (unpaired) electrons. The number of aliphatic hydroxyl groups is 1. The quantitative estimate of drug-likeness (QED) is 0.254. The van der Waals surface area contributed by atoms with Crippen LogP contribution >= 0.6 is 11.6 Å². The van der Waals surface area contributed by atoms with Crippen LogP contribution in [-0.4, -0.2) is 30.4 Å². The van der Waals surface area contributed by atoms with Gasteiger partial charge in [-0.1, -0.05) is 51.4 Å². The van der Waals surface area contributed by atoms with E-state index < -0.39 is 6.35 Å². The van der Waals surface area contributed by atoms with Crippen LogP contribution in [0.1, 0.15) is 39.7 Å².